The van der Waals surface area contributed by atoms with Crippen molar-refractivity contribution in [3.05, 3.63) is 71.8 Å². The van der Waals surface area contributed by atoms with E-state index in [0.29, 0.717) is 12.0 Å². The summed E-state index contributed by atoms with van der Waals surface area (Å²) in [5, 5.41) is 3.66. The summed E-state index contributed by atoms with van der Waals surface area (Å²) in [5.41, 5.74) is 2.85. The Hall–Kier alpha value is -1.60. The average Bonchev–Trinajstić information content (AvgIpc) is 2.55. The standard InChI is InChI=1S/C20H27N/c1-3-10-19(20-13-8-5-9-14-20)15-16-21-17(2)18-11-6-4-7-12-18/h4-9,11-14,17,19,21H,3,10,15-16H2,1-2H3. The lowest BCUT2D eigenvalue weighted by atomic mass is 9.91. The van der Waals surface area contributed by atoms with Crippen molar-refractivity contribution in [2.75, 3.05) is 6.54 Å². The van der Waals surface area contributed by atoms with Gasteiger partial charge in [-0.2, -0.15) is 0 Å². The molecule has 112 valence electrons. The zero-order valence-corrected chi connectivity index (χ0v) is 13.3. The highest BCUT2D eigenvalue weighted by atomic mass is 14.9. The zero-order valence-electron chi connectivity index (χ0n) is 13.3. The maximum Gasteiger partial charge on any atom is 0.0291 e. The molecular weight excluding hydrogens is 254 g/mol. The van der Waals surface area contributed by atoms with Gasteiger partial charge in [0.05, 0.1) is 0 Å². The van der Waals surface area contributed by atoms with E-state index in [1.165, 1.54) is 30.4 Å². The Bertz CT molecular complexity index is 492. The first-order valence-electron chi connectivity index (χ1n) is 8.14. The molecule has 0 aliphatic carbocycles. The average molecular weight is 281 g/mol. The molecule has 0 saturated carbocycles. The molecular formula is C20H27N. The van der Waals surface area contributed by atoms with E-state index >= 15 is 0 Å². The summed E-state index contributed by atoms with van der Waals surface area (Å²) >= 11 is 0. The summed E-state index contributed by atoms with van der Waals surface area (Å²) in [6.45, 7) is 5.58. The van der Waals surface area contributed by atoms with Crippen LogP contribution in [-0.4, -0.2) is 6.54 Å². The molecule has 1 heteroatoms. The third-order valence-electron chi connectivity index (χ3n) is 4.15. The second kappa shape index (κ2) is 8.63. The summed E-state index contributed by atoms with van der Waals surface area (Å²) in [7, 11) is 0. The molecule has 0 saturated heterocycles. The van der Waals surface area contributed by atoms with E-state index in [4.69, 9.17) is 0 Å². The first-order chi connectivity index (χ1) is 10.3. The first kappa shape index (κ1) is 15.8. The van der Waals surface area contributed by atoms with Crippen LogP contribution in [-0.2, 0) is 0 Å². The minimum atomic E-state index is 0.421. The van der Waals surface area contributed by atoms with Gasteiger partial charge in [-0.3, -0.25) is 0 Å². The van der Waals surface area contributed by atoms with Gasteiger partial charge in [0.25, 0.3) is 0 Å². The fourth-order valence-electron chi connectivity index (χ4n) is 2.88. The van der Waals surface area contributed by atoms with Crippen molar-refractivity contribution in [3.63, 3.8) is 0 Å². The van der Waals surface area contributed by atoms with Crippen molar-refractivity contribution in [1.29, 1.82) is 0 Å². The normalized spacial score (nSPS) is 13.8. The number of hydrogen-bond donors (Lipinski definition) is 1. The van der Waals surface area contributed by atoms with Crippen LogP contribution in [0.3, 0.4) is 0 Å². The Morgan fingerprint density at radius 1 is 0.810 bits per heavy atom. The molecule has 2 rings (SSSR count). The van der Waals surface area contributed by atoms with Crippen molar-refractivity contribution < 1.29 is 0 Å². The second-order valence-electron chi connectivity index (χ2n) is 5.77. The van der Waals surface area contributed by atoms with Crippen LogP contribution in [0.15, 0.2) is 60.7 Å². The maximum absolute atomic E-state index is 3.66. The molecule has 1 N–H and O–H groups in total. The molecule has 0 fully saturated rings. The molecule has 0 aliphatic rings. The van der Waals surface area contributed by atoms with Crippen LogP contribution in [0.5, 0.6) is 0 Å². The third-order valence-corrected chi connectivity index (χ3v) is 4.15. The topological polar surface area (TPSA) is 12.0 Å². The highest BCUT2D eigenvalue weighted by Crippen LogP contribution is 2.24. The SMILES string of the molecule is CCCC(CCNC(C)c1ccccc1)c1ccccc1. The number of nitrogens with one attached hydrogen (secondary N) is 1. The van der Waals surface area contributed by atoms with E-state index in [9.17, 15) is 0 Å². The Labute approximate surface area is 129 Å². The smallest absolute Gasteiger partial charge is 0.0291 e. The van der Waals surface area contributed by atoms with Crippen LogP contribution in [0, 0.1) is 0 Å². The molecule has 2 atom stereocenters. The number of hydrogen-bond acceptors (Lipinski definition) is 1. The third kappa shape index (κ3) is 5.02. The van der Waals surface area contributed by atoms with E-state index in [2.05, 4.69) is 79.8 Å². The highest BCUT2D eigenvalue weighted by molar-refractivity contribution is 5.20. The minimum Gasteiger partial charge on any atom is -0.310 e. The van der Waals surface area contributed by atoms with E-state index in [0.717, 1.165) is 6.54 Å². The van der Waals surface area contributed by atoms with E-state index < -0.39 is 0 Å². The quantitative estimate of drug-likeness (QED) is 0.691. The molecule has 0 bridgehead atoms. The summed E-state index contributed by atoms with van der Waals surface area (Å²) in [5.74, 6) is 0.673. The summed E-state index contributed by atoms with van der Waals surface area (Å²) in [6, 6.07) is 22.0. The summed E-state index contributed by atoms with van der Waals surface area (Å²) in [6.07, 6.45) is 3.72. The van der Waals surface area contributed by atoms with Crippen LogP contribution >= 0.6 is 0 Å². The molecule has 0 heterocycles. The molecule has 2 aromatic carbocycles. The predicted molar refractivity (Wildman–Crippen MR) is 91.6 cm³/mol. The van der Waals surface area contributed by atoms with Crippen LogP contribution in [0.2, 0.25) is 0 Å². The Balaban J connectivity index is 1.85. The number of rotatable bonds is 8. The van der Waals surface area contributed by atoms with Crippen LogP contribution < -0.4 is 5.32 Å². The van der Waals surface area contributed by atoms with Gasteiger partial charge in [0.15, 0.2) is 0 Å². The van der Waals surface area contributed by atoms with Gasteiger partial charge in [-0.1, -0.05) is 74.0 Å². The predicted octanol–water partition coefficient (Wildman–Crippen LogP) is 5.31. The molecule has 2 unspecified atom stereocenters. The molecule has 0 spiro atoms. The molecule has 0 aliphatic heterocycles. The van der Waals surface area contributed by atoms with Gasteiger partial charge in [-0.15, -0.1) is 0 Å². The van der Waals surface area contributed by atoms with Crippen LogP contribution in [0.1, 0.15) is 56.2 Å². The van der Waals surface area contributed by atoms with Gasteiger partial charge < -0.3 is 5.32 Å². The van der Waals surface area contributed by atoms with Crippen molar-refractivity contribution >= 4 is 0 Å². The summed E-state index contributed by atoms with van der Waals surface area (Å²) in [4.78, 5) is 0. The molecule has 0 radical (unpaired) electrons. The lowest BCUT2D eigenvalue weighted by Gasteiger charge is -2.19. The van der Waals surface area contributed by atoms with Crippen molar-refractivity contribution in [1.82, 2.24) is 5.32 Å². The van der Waals surface area contributed by atoms with E-state index in [1.54, 1.807) is 0 Å². The van der Waals surface area contributed by atoms with Crippen LogP contribution in [0.4, 0.5) is 0 Å². The fraction of sp³-hybridized carbons (Fsp3) is 0.400. The Morgan fingerprint density at radius 3 is 1.95 bits per heavy atom. The van der Waals surface area contributed by atoms with E-state index in [-0.39, 0.29) is 0 Å². The largest absolute Gasteiger partial charge is 0.310 e. The second-order valence-corrected chi connectivity index (χ2v) is 5.77. The molecule has 0 aromatic heterocycles. The molecule has 0 amide bonds. The fourth-order valence-corrected chi connectivity index (χ4v) is 2.88. The molecule has 1 nitrogen and oxygen atoms in total. The highest BCUT2D eigenvalue weighted by Gasteiger charge is 2.11. The lowest BCUT2D eigenvalue weighted by molar-refractivity contribution is 0.497. The number of benzene rings is 2. The molecule has 2 aromatic rings. The van der Waals surface area contributed by atoms with Crippen molar-refractivity contribution in [3.8, 4) is 0 Å². The van der Waals surface area contributed by atoms with Crippen molar-refractivity contribution in [2.45, 2.75) is 45.1 Å². The van der Waals surface area contributed by atoms with Gasteiger partial charge in [-0.25, -0.2) is 0 Å². The van der Waals surface area contributed by atoms with E-state index in [1.807, 2.05) is 0 Å². The van der Waals surface area contributed by atoms with Gasteiger partial charge >= 0.3 is 0 Å². The zero-order chi connectivity index (χ0) is 14.9. The summed E-state index contributed by atoms with van der Waals surface area (Å²) < 4.78 is 0. The maximum atomic E-state index is 3.66. The van der Waals surface area contributed by atoms with Gasteiger partial charge in [0.2, 0.25) is 0 Å². The van der Waals surface area contributed by atoms with Gasteiger partial charge in [0, 0.05) is 6.04 Å². The Morgan fingerprint density at radius 2 is 1.38 bits per heavy atom. The Kier molecular flexibility index (Phi) is 6.49. The minimum absolute atomic E-state index is 0.421. The lowest BCUT2D eigenvalue weighted by Crippen LogP contribution is -2.21. The first-order valence-corrected chi connectivity index (χ1v) is 8.14. The van der Waals surface area contributed by atoms with Gasteiger partial charge in [0.1, 0.15) is 0 Å². The van der Waals surface area contributed by atoms with Gasteiger partial charge in [-0.05, 0) is 43.4 Å². The monoisotopic (exact) mass is 281 g/mol. The van der Waals surface area contributed by atoms with Crippen molar-refractivity contribution in [2.24, 2.45) is 0 Å². The van der Waals surface area contributed by atoms with Crippen LogP contribution in [0.25, 0.3) is 0 Å². The molecule has 21 heavy (non-hydrogen) atoms.